The zero-order chi connectivity index (χ0) is 17.8. The third-order valence-electron chi connectivity index (χ3n) is 5.18. The van der Waals surface area contributed by atoms with Gasteiger partial charge in [0.05, 0.1) is 6.54 Å². The first kappa shape index (κ1) is 17.0. The van der Waals surface area contributed by atoms with Crippen LogP contribution in [0.5, 0.6) is 0 Å². The molecule has 0 aliphatic carbocycles. The Morgan fingerprint density at radius 1 is 1.04 bits per heavy atom. The van der Waals surface area contributed by atoms with Gasteiger partial charge in [0.2, 0.25) is 11.7 Å². The van der Waals surface area contributed by atoms with Gasteiger partial charge in [-0.3, -0.25) is 4.90 Å². The predicted molar refractivity (Wildman–Crippen MR) is 103 cm³/mol. The van der Waals surface area contributed by atoms with E-state index in [2.05, 4.69) is 64.4 Å². The molecule has 0 bridgehead atoms. The van der Waals surface area contributed by atoms with Crippen LogP contribution in [0.4, 0.5) is 0 Å². The van der Waals surface area contributed by atoms with Gasteiger partial charge in [0.15, 0.2) is 0 Å². The zero-order valence-corrected chi connectivity index (χ0v) is 15.3. The lowest BCUT2D eigenvalue weighted by Crippen LogP contribution is -2.33. The van der Waals surface area contributed by atoms with Crippen molar-refractivity contribution in [3.63, 3.8) is 0 Å². The fourth-order valence-corrected chi connectivity index (χ4v) is 3.71. The molecule has 4 rings (SSSR count). The molecule has 1 aliphatic rings. The maximum Gasteiger partial charge on any atom is 0.241 e. The van der Waals surface area contributed by atoms with Gasteiger partial charge in [-0.1, -0.05) is 59.3 Å². The Hall–Kier alpha value is -2.46. The highest BCUT2D eigenvalue weighted by Gasteiger charge is 2.21. The van der Waals surface area contributed by atoms with Crippen LogP contribution in [0.2, 0.25) is 0 Å². The Morgan fingerprint density at radius 2 is 1.85 bits per heavy atom. The Morgan fingerprint density at radius 3 is 2.62 bits per heavy atom. The van der Waals surface area contributed by atoms with E-state index in [1.165, 1.54) is 30.4 Å². The van der Waals surface area contributed by atoms with Crippen LogP contribution in [0.25, 0.3) is 11.4 Å². The lowest BCUT2D eigenvalue weighted by molar-refractivity contribution is 0.159. The van der Waals surface area contributed by atoms with Crippen LogP contribution in [0, 0.1) is 12.8 Å². The normalized spacial score (nSPS) is 16.0. The minimum atomic E-state index is 0.683. The second kappa shape index (κ2) is 7.83. The summed E-state index contributed by atoms with van der Waals surface area (Å²) in [5.74, 6) is 2.17. The first-order valence-corrected chi connectivity index (χ1v) is 9.42. The first-order valence-electron chi connectivity index (χ1n) is 9.42. The summed E-state index contributed by atoms with van der Waals surface area (Å²) in [6.45, 7) is 5.01. The number of aromatic nitrogens is 2. The van der Waals surface area contributed by atoms with E-state index >= 15 is 0 Å². The number of hydrogen-bond donors (Lipinski definition) is 0. The highest BCUT2D eigenvalue weighted by molar-refractivity contribution is 5.55. The second-order valence-corrected chi connectivity index (χ2v) is 7.29. The van der Waals surface area contributed by atoms with Gasteiger partial charge in [-0.2, -0.15) is 4.98 Å². The highest BCUT2D eigenvalue weighted by Crippen LogP contribution is 2.23. The molecule has 0 unspecified atom stereocenters. The molecule has 1 aromatic heterocycles. The van der Waals surface area contributed by atoms with E-state index in [0.717, 1.165) is 31.1 Å². The Kier molecular flexibility index (Phi) is 5.12. The summed E-state index contributed by atoms with van der Waals surface area (Å²) in [5, 5.41) is 4.15. The largest absolute Gasteiger partial charge is 0.338 e. The van der Waals surface area contributed by atoms with Gasteiger partial charge < -0.3 is 4.52 Å². The third kappa shape index (κ3) is 4.20. The standard InChI is InChI=1S/C22H25N3O/c1-17-6-5-9-20(14-17)22-23-21(26-24-22)16-25-12-10-19(11-13-25)15-18-7-3-2-4-8-18/h2-9,14,19H,10-13,15-16H2,1H3. The average molecular weight is 347 g/mol. The molecule has 0 N–H and O–H groups in total. The van der Waals surface area contributed by atoms with E-state index in [1.807, 2.05) is 12.1 Å². The van der Waals surface area contributed by atoms with E-state index in [9.17, 15) is 0 Å². The quantitative estimate of drug-likeness (QED) is 0.681. The molecule has 26 heavy (non-hydrogen) atoms. The number of aryl methyl sites for hydroxylation is 1. The molecular weight excluding hydrogens is 322 g/mol. The van der Waals surface area contributed by atoms with Gasteiger partial charge in [0, 0.05) is 5.56 Å². The second-order valence-electron chi connectivity index (χ2n) is 7.29. The van der Waals surface area contributed by atoms with Crippen molar-refractivity contribution in [3.8, 4) is 11.4 Å². The van der Waals surface area contributed by atoms with Crippen molar-refractivity contribution in [2.75, 3.05) is 13.1 Å². The first-order chi connectivity index (χ1) is 12.8. The van der Waals surface area contributed by atoms with Crippen molar-refractivity contribution in [3.05, 3.63) is 71.6 Å². The van der Waals surface area contributed by atoms with Crippen molar-refractivity contribution in [2.24, 2.45) is 5.92 Å². The van der Waals surface area contributed by atoms with E-state index in [0.29, 0.717) is 11.7 Å². The molecule has 0 saturated carbocycles. The van der Waals surface area contributed by atoms with Crippen LogP contribution >= 0.6 is 0 Å². The molecule has 4 heteroatoms. The smallest absolute Gasteiger partial charge is 0.241 e. The third-order valence-corrected chi connectivity index (χ3v) is 5.18. The number of benzene rings is 2. The van der Waals surface area contributed by atoms with E-state index in [1.54, 1.807) is 0 Å². The number of piperidine rings is 1. The fraction of sp³-hybridized carbons (Fsp3) is 0.364. The Labute approximate surface area is 154 Å². The molecule has 134 valence electrons. The van der Waals surface area contributed by atoms with Crippen LogP contribution in [-0.2, 0) is 13.0 Å². The molecule has 3 aromatic rings. The van der Waals surface area contributed by atoms with Crippen LogP contribution in [0.3, 0.4) is 0 Å². The van der Waals surface area contributed by atoms with Gasteiger partial charge in [0.1, 0.15) is 0 Å². The van der Waals surface area contributed by atoms with Gasteiger partial charge in [-0.25, -0.2) is 0 Å². The lowest BCUT2D eigenvalue weighted by Gasteiger charge is -2.31. The molecule has 2 heterocycles. The van der Waals surface area contributed by atoms with Crippen LogP contribution < -0.4 is 0 Å². The number of nitrogens with zero attached hydrogens (tertiary/aromatic N) is 3. The van der Waals surface area contributed by atoms with Gasteiger partial charge in [-0.15, -0.1) is 0 Å². The van der Waals surface area contributed by atoms with E-state index in [-0.39, 0.29) is 0 Å². The molecule has 0 amide bonds. The monoisotopic (exact) mass is 347 g/mol. The molecule has 0 radical (unpaired) electrons. The summed E-state index contributed by atoms with van der Waals surface area (Å²) >= 11 is 0. The van der Waals surface area contributed by atoms with Crippen molar-refractivity contribution >= 4 is 0 Å². The highest BCUT2D eigenvalue weighted by atomic mass is 16.5. The molecule has 0 atom stereocenters. The van der Waals surface area contributed by atoms with Crippen molar-refractivity contribution in [1.82, 2.24) is 15.0 Å². The number of hydrogen-bond acceptors (Lipinski definition) is 4. The summed E-state index contributed by atoms with van der Waals surface area (Å²) in [6.07, 6.45) is 3.65. The lowest BCUT2D eigenvalue weighted by atomic mass is 9.90. The molecule has 2 aromatic carbocycles. The summed E-state index contributed by atoms with van der Waals surface area (Å²) < 4.78 is 5.48. The Bertz CT molecular complexity index is 835. The SMILES string of the molecule is Cc1cccc(-c2noc(CN3CCC(Cc4ccccc4)CC3)n2)c1. The zero-order valence-electron chi connectivity index (χ0n) is 15.3. The molecule has 1 saturated heterocycles. The summed E-state index contributed by atoms with van der Waals surface area (Å²) in [4.78, 5) is 7.01. The predicted octanol–water partition coefficient (Wildman–Crippen LogP) is 4.50. The Balaban J connectivity index is 1.31. The molecule has 0 spiro atoms. The number of likely N-dealkylation sites (tertiary alicyclic amines) is 1. The molecule has 4 nitrogen and oxygen atoms in total. The van der Waals surface area contributed by atoms with E-state index in [4.69, 9.17) is 4.52 Å². The fourth-order valence-electron chi connectivity index (χ4n) is 3.71. The van der Waals surface area contributed by atoms with Crippen molar-refractivity contribution in [2.45, 2.75) is 32.7 Å². The van der Waals surface area contributed by atoms with Crippen LogP contribution in [-0.4, -0.2) is 28.1 Å². The van der Waals surface area contributed by atoms with Gasteiger partial charge in [-0.05, 0) is 56.8 Å². The van der Waals surface area contributed by atoms with Crippen molar-refractivity contribution in [1.29, 1.82) is 0 Å². The van der Waals surface area contributed by atoms with Crippen LogP contribution in [0.1, 0.15) is 29.9 Å². The van der Waals surface area contributed by atoms with Crippen LogP contribution in [0.15, 0.2) is 59.1 Å². The average Bonchev–Trinajstić information content (AvgIpc) is 3.13. The molecular formula is C22H25N3O. The van der Waals surface area contributed by atoms with Gasteiger partial charge in [0.25, 0.3) is 0 Å². The summed E-state index contributed by atoms with van der Waals surface area (Å²) in [6, 6.07) is 19.0. The minimum absolute atomic E-state index is 0.683. The number of rotatable bonds is 5. The summed E-state index contributed by atoms with van der Waals surface area (Å²) in [5.41, 5.74) is 3.67. The van der Waals surface area contributed by atoms with E-state index < -0.39 is 0 Å². The molecule has 1 aliphatic heterocycles. The molecule has 1 fully saturated rings. The van der Waals surface area contributed by atoms with Crippen molar-refractivity contribution < 1.29 is 4.52 Å². The maximum absolute atomic E-state index is 5.48. The minimum Gasteiger partial charge on any atom is -0.338 e. The maximum atomic E-state index is 5.48. The topological polar surface area (TPSA) is 42.2 Å². The summed E-state index contributed by atoms with van der Waals surface area (Å²) in [7, 11) is 0. The van der Waals surface area contributed by atoms with Gasteiger partial charge >= 0.3 is 0 Å².